The second-order valence-corrected chi connectivity index (χ2v) is 20.6. The predicted octanol–water partition coefficient (Wildman–Crippen LogP) is 18.7. The van der Waals surface area contributed by atoms with Gasteiger partial charge in [-0.05, 0) is 101 Å². The second kappa shape index (κ2) is 16.8. The lowest BCUT2D eigenvalue weighted by Gasteiger charge is -2.13. The van der Waals surface area contributed by atoms with E-state index in [-0.39, 0.29) is 0 Å². The van der Waals surface area contributed by atoms with Gasteiger partial charge >= 0.3 is 0 Å². The number of rotatable bonds is 7. The fourth-order valence-corrected chi connectivity index (χ4v) is 12.7. The molecule has 5 aromatic heterocycles. The molecule has 0 aliphatic rings. The van der Waals surface area contributed by atoms with Crippen LogP contribution in [-0.2, 0) is 0 Å². The van der Waals surface area contributed by atoms with Crippen LogP contribution in [0.15, 0.2) is 253 Å². The summed E-state index contributed by atoms with van der Waals surface area (Å²) in [6.45, 7) is 0. The van der Waals surface area contributed by atoms with E-state index in [1.165, 1.54) is 36.5 Å². The van der Waals surface area contributed by atoms with Crippen LogP contribution in [0.4, 0.5) is 0 Å². The number of aromatic nitrogens is 5. The van der Waals surface area contributed by atoms with Crippen molar-refractivity contribution in [1.82, 2.24) is 24.1 Å². The summed E-state index contributed by atoms with van der Waals surface area (Å²) in [4.78, 5) is 15.6. The quantitative estimate of drug-likeness (QED) is 0.160. The number of hydrogen-bond acceptors (Lipinski definition) is 5. The van der Waals surface area contributed by atoms with Crippen molar-refractivity contribution in [2.45, 2.75) is 0 Å². The van der Waals surface area contributed by atoms with Crippen molar-refractivity contribution in [2.75, 3.05) is 0 Å². The van der Waals surface area contributed by atoms with Gasteiger partial charge in [-0.3, -0.25) is 0 Å². The first-order chi connectivity index (χ1) is 37.7. The Hall–Kier alpha value is -9.95. The molecular formula is C69H41N5OS. The third-order valence-corrected chi connectivity index (χ3v) is 16.3. The Balaban J connectivity index is 0.956. The minimum atomic E-state index is 0.532. The lowest BCUT2D eigenvalue weighted by atomic mass is 10.0. The molecule has 0 saturated heterocycles. The monoisotopic (exact) mass is 987 g/mol. The maximum absolute atomic E-state index is 7.06. The Morgan fingerprint density at radius 1 is 0.316 bits per heavy atom. The van der Waals surface area contributed by atoms with Crippen LogP contribution in [0.3, 0.4) is 0 Å². The van der Waals surface area contributed by atoms with Crippen molar-refractivity contribution >= 4 is 97.1 Å². The van der Waals surface area contributed by atoms with Gasteiger partial charge in [-0.15, -0.1) is 11.3 Å². The van der Waals surface area contributed by atoms with Gasteiger partial charge in [0.1, 0.15) is 11.2 Å². The van der Waals surface area contributed by atoms with Crippen LogP contribution in [0.25, 0.3) is 154 Å². The van der Waals surface area contributed by atoms with E-state index in [4.69, 9.17) is 19.4 Å². The number of furan rings is 1. The van der Waals surface area contributed by atoms with Gasteiger partial charge in [0.05, 0.1) is 38.7 Å². The number of fused-ring (bicyclic) bond motifs is 12. The lowest BCUT2D eigenvalue weighted by molar-refractivity contribution is 0.669. The Morgan fingerprint density at radius 2 is 0.829 bits per heavy atom. The molecule has 16 rings (SSSR count). The molecule has 16 aromatic rings. The Labute approximate surface area is 439 Å². The molecule has 0 atom stereocenters. The third-order valence-electron chi connectivity index (χ3n) is 15.2. The standard InChI is InChI=1S/C69H41N5OS/c1-4-16-42(17-5-1)43-28-30-45(31-29-43)68-70-67(44-18-6-2-7-19-44)71-69(72-68)52-34-36-59(65-51-24-11-14-26-62(51)75-66(52)65)74-58-35-32-46(47-33-37-64-56(39-47)50-23-12-15-27-63(50)76-64)38-53(58)55-41-60-54(40-61(55)74)49-22-10-13-25-57(49)73(60)48-20-8-3-9-21-48/h1-41H. The predicted molar refractivity (Wildman–Crippen MR) is 316 cm³/mol. The zero-order chi connectivity index (χ0) is 49.8. The summed E-state index contributed by atoms with van der Waals surface area (Å²) in [6.07, 6.45) is 0. The fourth-order valence-electron chi connectivity index (χ4n) is 11.6. The molecule has 0 N–H and O–H groups in total. The van der Waals surface area contributed by atoms with Crippen LogP contribution in [0.1, 0.15) is 0 Å². The van der Waals surface area contributed by atoms with E-state index < -0.39 is 0 Å². The smallest absolute Gasteiger partial charge is 0.167 e. The van der Waals surface area contributed by atoms with Crippen LogP contribution >= 0.6 is 11.3 Å². The number of benzene rings is 11. The normalized spacial score (nSPS) is 11.9. The topological polar surface area (TPSA) is 61.7 Å². The van der Waals surface area contributed by atoms with Gasteiger partial charge in [0.25, 0.3) is 0 Å². The molecule has 0 bridgehead atoms. The highest BCUT2D eigenvalue weighted by Crippen LogP contribution is 2.46. The van der Waals surface area contributed by atoms with Gasteiger partial charge < -0.3 is 13.6 Å². The highest BCUT2D eigenvalue weighted by atomic mass is 32.1. The van der Waals surface area contributed by atoms with Crippen molar-refractivity contribution in [1.29, 1.82) is 0 Å². The van der Waals surface area contributed by atoms with Crippen LogP contribution in [0, 0.1) is 0 Å². The lowest BCUT2D eigenvalue weighted by Crippen LogP contribution is -2.01. The molecule has 0 saturated carbocycles. The molecule has 0 aliphatic heterocycles. The molecular weight excluding hydrogens is 947 g/mol. The van der Waals surface area contributed by atoms with Gasteiger partial charge in [-0.1, -0.05) is 170 Å². The average Bonchev–Trinajstić information content (AvgIpc) is 4.35. The summed E-state index contributed by atoms with van der Waals surface area (Å²) in [5.74, 6) is 1.70. The molecule has 11 aromatic carbocycles. The average molecular weight is 988 g/mol. The van der Waals surface area contributed by atoms with E-state index in [2.05, 4.69) is 215 Å². The minimum Gasteiger partial charge on any atom is -0.455 e. The summed E-state index contributed by atoms with van der Waals surface area (Å²) >= 11 is 1.85. The first kappa shape index (κ1) is 42.5. The highest BCUT2D eigenvalue weighted by molar-refractivity contribution is 7.25. The summed E-state index contributed by atoms with van der Waals surface area (Å²) in [6, 6.07) is 88.7. The molecule has 0 fully saturated rings. The second-order valence-electron chi connectivity index (χ2n) is 19.5. The molecule has 0 unspecified atom stereocenters. The largest absolute Gasteiger partial charge is 0.455 e. The number of thiophene rings is 1. The van der Waals surface area contributed by atoms with E-state index >= 15 is 0 Å². The van der Waals surface area contributed by atoms with Crippen molar-refractivity contribution < 1.29 is 4.42 Å². The first-order valence-corrected chi connectivity index (χ1v) is 26.4. The molecule has 0 aliphatic carbocycles. The maximum atomic E-state index is 7.06. The summed E-state index contributed by atoms with van der Waals surface area (Å²) in [5, 5.41) is 9.25. The summed E-state index contributed by atoms with van der Waals surface area (Å²) in [7, 11) is 0. The van der Waals surface area contributed by atoms with Crippen molar-refractivity contribution in [2.24, 2.45) is 0 Å². The number of hydrogen-bond donors (Lipinski definition) is 0. The van der Waals surface area contributed by atoms with E-state index in [0.29, 0.717) is 23.1 Å². The minimum absolute atomic E-state index is 0.532. The van der Waals surface area contributed by atoms with Gasteiger partial charge in [-0.25, -0.2) is 15.0 Å². The van der Waals surface area contributed by atoms with E-state index in [0.717, 1.165) is 94.0 Å². The molecule has 76 heavy (non-hydrogen) atoms. The van der Waals surface area contributed by atoms with Gasteiger partial charge in [-0.2, -0.15) is 0 Å². The number of nitrogens with zero attached hydrogens (tertiary/aromatic N) is 5. The fraction of sp³-hybridized carbons (Fsp3) is 0. The van der Waals surface area contributed by atoms with E-state index in [9.17, 15) is 0 Å². The summed E-state index contributed by atoms with van der Waals surface area (Å²) in [5.41, 5.74) is 15.3. The van der Waals surface area contributed by atoms with Crippen LogP contribution in [0.2, 0.25) is 0 Å². The van der Waals surface area contributed by atoms with Crippen molar-refractivity contribution in [3.8, 4) is 67.8 Å². The summed E-state index contributed by atoms with van der Waals surface area (Å²) < 4.78 is 14.5. The van der Waals surface area contributed by atoms with Crippen LogP contribution in [-0.4, -0.2) is 24.1 Å². The van der Waals surface area contributed by atoms with Crippen LogP contribution in [0.5, 0.6) is 0 Å². The van der Waals surface area contributed by atoms with Crippen molar-refractivity contribution in [3.63, 3.8) is 0 Å². The molecule has 0 amide bonds. The molecule has 5 heterocycles. The molecule has 6 nitrogen and oxygen atoms in total. The Kier molecular flexibility index (Phi) is 9.40. The Bertz CT molecular complexity index is 4980. The SMILES string of the molecule is c1ccc(-c2ccc(-c3nc(-c4ccccc4)nc(-c4ccc(-n5c6ccc(-c7ccc8sc9ccccc9c8c7)cc6c6cc7c(cc65)c5ccccc5n7-c5ccccc5)c5c4oc4ccccc45)n3)cc2)cc1. The van der Waals surface area contributed by atoms with Crippen LogP contribution < -0.4 is 0 Å². The zero-order valence-corrected chi connectivity index (χ0v) is 41.5. The van der Waals surface area contributed by atoms with E-state index in [1.807, 2.05) is 53.8 Å². The first-order valence-electron chi connectivity index (χ1n) is 25.6. The molecule has 0 spiro atoms. The van der Waals surface area contributed by atoms with Crippen molar-refractivity contribution in [3.05, 3.63) is 249 Å². The molecule has 354 valence electrons. The van der Waals surface area contributed by atoms with Gasteiger partial charge in [0.15, 0.2) is 17.5 Å². The maximum Gasteiger partial charge on any atom is 0.167 e. The number of para-hydroxylation sites is 3. The third kappa shape index (κ3) is 6.62. The highest BCUT2D eigenvalue weighted by Gasteiger charge is 2.25. The zero-order valence-electron chi connectivity index (χ0n) is 40.7. The molecule has 7 heteroatoms. The van der Waals surface area contributed by atoms with Gasteiger partial charge in [0, 0.05) is 63.9 Å². The Morgan fingerprint density at radius 3 is 1.61 bits per heavy atom. The van der Waals surface area contributed by atoms with Gasteiger partial charge in [0.2, 0.25) is 0 Å². The molecule has 0 radical (unpaired) electrons. The van der Waals surface area contributed by atoms with E-state index in [1.54, 1.807) is 0 Å².